The van der Waals surface area contributed by atoms with Crippen molar-refractivity contribution in [2.75, 3.05) is 0 Å². The first-order valence-electron chi connectivity index (χ1n) is 12.6. The molecular weight excluding hydrogens is 468 g/mol. The van der Waals surface area contributed by atoms with Crippen molar-refractivity contribution in [1.82, 2.24) is 0 Å². The van der Waals surface area contributed by atoms with Crippen molar-refractivity contribution in [3.63, 3.8) is 0 Å². The Labute approximate surface area is 209 Å². The molecule has 0 bridgehead atoms. The maximum Gasteiger partial charge on any atom is 0.343 e. The van der Waals surface area contributed by atoms with Crippen LogP contribution in [0, 0.1) is 29.2 Å². The van der Waals surface area contributed by atoms with Gasteiger partial charge in [0.05, 0.1) is 5.56 Å². The summed E-state index contributed by atoms with van der Waals surface area (Å²) >= 11 is 0. The monoisotopic (exact) mass is 498 g/mol. The van der Waals surface area contributed by atoms with Crippen LogP contribution >= 0.6 is 0 Å². The second-order valence-electron chi connectivity index (χ2n) is 9.52. The first-order valence-corrected chi connectivity index (χ1v) is 12.6. The smallest absolute Gasteiger partial charge is 0.343 e. The fraction of sp³-hybridized carbons (Fsp3) is 0.367. The molecule has 6 heteroatoms. The summed E-state index contributed by atoms with van der Waals surface area (Å²) in [7, 11) is 0. The predicted molar refractivity (Wildman–Crippen MR) is 132 cm³/mol. The van der Waals surface area contributed by atoms with Gasteiger partial charge in [0.25, 0.3) is 0 Å². The van der Waals surface area contributed by atoms with Crippen LogP contribution in [0.25, 0.3) is 11.1 Å². The topological polar surface area (TPSA) is 26.3 Å². The van der Waals surface area contributed by atoms with E-state index in [1.807, 2.05) is 6.92 Å². The lowest BCUT2D eigenvalue weighted by Crippen LogP contribution is -2.15. The molecule has 1 aliphatic rings. The average molecular weight is 499 g/mol. The van der Waals surface area contributed by atoms with Crippen molar-refractivity contribution < 1.29 is 27.1 Å². The maximum absolute atomic E-state index is 14.8. The summed E-state index contributed by atoms with van der Waals surface area (Å²) in [5.41, 5.74) is 1.16. The van der Waals surface area contributed by atoms with Crippen LogP contribution in [0.3, 0.4) is 0 Å². The Balaban J connectivity index is 1.48. The molecule has 0 amide bonds. The second-order valence-corrected chi connectivity index (χ2v) is 9.52. The fourth-order valence-corrected chi connectivity index (χ4v) is 5.04. The molecule has 1 aliphatic carbocycles. The third-order valence-corrected chi connectivity index (χ3v) is 7.26. The molecule has 0 saturated heterocycles. The molecule has 0 spiro atoms. The molecule has 0 N–H and O–H groups in total. The van der Waals surface area contributed by atoms with Gasteiger partial charge in [-0.1, -0.05) is 57.0 Å². The first-order chi connectivity index (χ1) is 17.3. The van der Waals surface area contributed by atoms with E-state index in [-0.39, 0.29) is 17.0 Å². The lowest BCUT2D eigenvalue weighted by atomic mass is 9.77. The highest BCUT2D eigenvalue weighted by Crippen LogP contribution is 2.39. The van der Waals surface area contributed by atoms with Gasteiger partial charge in [-0.25, -0.2) is 18.0 Å². The predicted octanol–water partition coefficient (Wildman–Crippen LogP) is 8.77. The zero-order valence-electron chi connectivity index (χ0n) is 20.6. The van der Waals surface area contributed by atoms with Crippen LogP contribution < -0.4 is 4.74 Å². The number of esters is 1. The molecule has 0 heterocycles. The van der Waals surface area contributed by atoms with E-state index in [1.54, 1.807) is 6.07 Å². The fourth-order valence-electron chi connectivity index (χ4n) is 5.04. The number of hydrogen-bond acceptors (Lipinski definition) is 2. The van der Waals surface area contributed by atoms with Gasteiger partial charge < -0.3 is 4.74 Å². The van der Waals surface area contributed by atoms with Crippen LogP contribution in [-0.2, 0) is 6.42 Å². The molecule has 0 aromatic heterocycles. The van der Waals surface area contributed by atoms with Crippen molar-refractivity contribution in [2.24, 2.45) is 5.92 Å². The molecule has 0 atom stereocenters. The number of hydrogen-bond donors (Lipinski definition) is 0. The van der Waals surface area contributed by atoms with Gasteiger partial charge in [-0.3, -0.25) is 0 Å². The molecule has 0 radical (unpaired) electrons. The minimum atomic E-state index is -1.18. The lowest BCUT2D eigenvalue weighted by molar-refractivity contribution is 0.0726. The van der Waals surface area contributed by atoms with E-state index in [0.29, 0.717) is 35.4 Å². The minimum Gasteiger partial charge on any atom is -0.420 e. The molecule has 0 unspecified atom stereocenters. The molecule has 2 nitrogen and oxygen atoms in total. The summed E-state index contributed by atoms with van der Waals surface area (Å²) in [6.07, 6.45) is 5.84. The molecule has 3 aromatic rings. The van der Waals surface area contributed by atoms with Gasteiger partial charge in [0.15, 0.2) is 23.2 Å². The van der Waals surface area contributed by atoms with E-state index in [9.17, 15) is 22.4 Å². The van der Waals surface area contributed by atoms with E-state index in [1.165, 1.54) is 42.5 Å². The van der Waals surface area contributed by atoms with Gasteiger partial charge in [0.2, 0.25) is 5.82 Å². The molecule has 0 aliphatic heterocycles. The van der Waals surface area contributed by atoms with Crippen LogP contribution in [-0.4, -0.2) is 5.97 Å². The SMILES string of the molecule is CCCc1ccc(-c2ccc(C(=O)Oc3ccc(C4CCC(CC)CC4)c(F)c3F)cc2)c(F)c1F. The molecule has 4 rings (SSSR count). The molecule has 3 aromatic carbocycles. The highest BCUT2D eigenvalue weighted by atomic mass is 19.2. The Bertz CT molecular complexity index is 1230. The third-order valence-electron chi connectivity index (χ3n) is 7.26. The number of rotatable bonds is 7. The number of halogens is 4. The Hall–Kier alpha value is -3.15. The van der Waals surface area contributed by atoms with Gasteiger partial charge in [-0.05, 0) is 78.8 Å². The van der Waals surface area contributed by atoms with Gasteiger partial charge in [0.1, 0.15) is 0 Å². The Morgan fingerprint density at radius 3 is 2.14 bits per heavy atom. The zero-order valence-corrected chi connectivity index (χ0v) is 20.6. The Kier molecular flexibility index (Phi) is 8.12. The number of aryl methyl sites for hydroxylation is 1. The van der Waals surface area contributed by atoms with E-state index >= 15 is 0 Å². The lowest BCUT2D eigenvalue weighted by Gasteiger charge is -2.28. The van der Waals surface area contributed by atoms with Gasteiger partial charge in [0, 0.05) is 5.56 Å². The van der Waals surface area contributed by atoms with Crippen molar-refractivity contribution in [3.8, 4) is 16.9 Å². The summed E-state index contributed by atoms with van der Waals surface area (Å²) < 4.78 is 63.6. The van der Waals surface area contributed by atoms with Crippen LogP contribution in [0.4, 0.5) is 17.6 Å². The largest absolute Gasteiger partial charge is 0.420 e. The van der Waals surface area contributed by atoms with E-state index < -0.39 is 35.0 Å². The normalized spacial score (nSPS) is 17.7. The highest BCUT2D eigenvalue weighted by molar-refractivity contribution is 5.91. The van der Waals surface area contributed by atoms with Gasteiger partial charge in [-0.15, -0.1) is 0 Å². The molecule has 1 saturated carbocycles. The van der Waals surface area contributed by atoms with Crippen molar-refractivity contribution >= 4 is 5.97 Å². The van der Waals surface area contributed by atoms with Crippen LogP contribution in [0.5, 0.6) is 5.75 Å². The average Bonchev–Trinajstić information content (AvgIpc) is 2.90. The molecule has 1 fully saturated rings. The van der Waals surface area contributed by atoms with E-state index in [4.69, 9.17) is 4.74 Å². The second kappa shape index (κ2) is 11.3. The van der Waals surface area contributed by atoms with E-state index in [2.05, 4.69) is 6.92 Å². The van der Waals surface area contributed by atoms with Crippen LogP contribution in [0.15, 0.2) is 48.5 Å². The van der Waals surface area contributed by atoms with Crippen molar-refractivity contribution in [2.45, 2.75) is 64.7 Å². The number of benzene rings is 3. The summed E-state index contributed by atoms with van der Waals surface area (Å²) in [5.74, 6) is -4.74. The van der Waals surface area contributed by atoms with Gasteiger partial charge in [-0.2, -0.15) is 4.39 Å². The van der Waals surface area contributed by atoms with Crippen LogP contribution in [0.1, 0.15) is 79.8 Å². The maximum atomic E-state index is 14.8. The highest BCUT2D eigenvalue weighted by Gasteiger charge is 2.27. The molecule has 36 heavy (non-hydrogen) atoms. The van der Waals surface area contributed by atoms with Crippen LogP contribution in [0.2, 0.25) is 0 Å². The molecule has 190 valence electrons. The van der Waals surface area contributed by atoms with E-state index in [0.717, 1.165) is 32.1 Å². The number of carbonyl (C=O) groups is 1. The standard InChI is InChI=1S/C30H30F4O2/c1-3-5-21-14-15-23(27(32)26(21)31)20-10-12-22(13-11-20)30(35)36-25-17-16-24(28(33)29(25)34)19-8-6-18(4-2)7-9-19/h10-19H,3-9H2,1-2H3. The zero-order chi connectivity index (χ0) is 25.8. The number of carbonyl (C=O) groups excluding carboxylic acids is 1. The number of ether oxygens (including phenoxy) is 1. The first kappa shape index (κ1) is 25.9. The summed E-state index contributed by atoms with van der Waals surface area (Å²) in [5, 5.41) is 0. The molecular formula is C30H30F4O2. The van der Waals surface area contributed by atoms with Crippen molar-refractivity contribution in [1.29, 1.82) is 0 Å². The quantitative estimate of drug-likeness (QED) is 0.185. The summed E-state index contributed by atoms with van der Waals surface area (Å²) in [6, 6.07) is 11.5. The Morgan fingerprint density at radius 1 is 0.806 bits per heavy atom. The third kappa shape index (κ3) is 5.32. The minimum absolute atomic E-state index is 0.0409. The van der Waals surface area contributed by atoms with Gasteiger partial charge >= 0.3 is 5.97 Å². The van der Waals surface area contributed by atoms with Crippen molar-refractivity contribution in [3.05, 3.63) is 88.5 Å². The Morgan fingerprint density at radius 2 is 1.50 bits per heavy atom. The summed E-state index contributed by atoms with van der Waals surface area (Å²) in [6.45, 7) is 4.03. The summed E-state index contributed by atoms with van der Waals surface area (Å²) in [4.78, 5) is 12.6.